The van der Waals surface area contributed by atoms with Crippen LogP contribution in [0.15, 0.2) is 0 Å². The van der Waals surface area contributed by atoms with E-state index in [1.54, 1.807) is 0 Å². The Bertz CT molecular complexity index is 437. The summed E-state index contributed by atoms with van der Waals surface area (Å²) < 4.78 is 0. The molecule has 7 N–H and O–H groups in total. The van der Waals surface area contributed by atoms with Crippen LogP contribution < -0.4 is 11.2 Å². The van der Waals surface area contributed by atoms with Crippen LogP contribution >= 0.6 is 0 Å². The molecule has 0 saturated carbocycles. The van der Waals surface area contributed by atoms with Crippen LogP contribution in [0, 0.1) is 0 Å². The molecular weight excluding hydrogens is 433 g/mol. The molecule has 0 aliphatic rings. The van der Waals surface area contributed by atoms with Crippen LogP contribution in [0.25, 0.3) is 0 Å². The Morgan fingerprint density at radius 1 is 0.815 bits per heavy atom. The predicted octanol–water partition coefficient (Wildman–Crippen LogP) is -2.13. The van der Waals surface area contributed by atoms with Crippen molar-refractivity contribution in [3.63, 3.8) is 0 Å². The number of hydroxylamine groups is 1. The second-order valence-corrected chi connectivity index (χ2v) is 9.73. The number of carbonyl (C=O) groups excluding carboxylic acids is 1. The summed E-state index contributed by atoms with van der Waals surface area (Å²) in [5.41, 5.74) is 7.42. The van der Waals surface area contributed by atoms with Gasteiger partial charge >= 0.3 is 163 Å². The first kappa shape index (κ1) is 34.3. The van der Waals surface area contributed by atoms with Crippen molar-refractivity contribution in [1.29, 1.82) is 0 Å². The van der Waals surface area contributed by atoms with Crippen LogP contribution in [0.1, 0.15) is 6.92 Å². The molecule has 151 valence electrons. The Kier molecular flexibility index (Phi) is 24.3. The van der Waals surface area contributed by atoms with Gasteiger partial charge < -0.3 is 10.6 Å². The van der Waals surface area contributed by atoms with E-state index >= 15 is 0 Å². The van der Waals surface area contributed by atoms with E-state index in [9.17, 15) is 24.0 Å². The first-order valence-electron chi connectivity index (χ1n) is 6.57. The number of hydrogen-bond acceptors (Lipinski definition) is 8. The standard InChI is InChI=1S/C4H10N2O2.4C2H3O2.Mn.2Na.2H/c1-4(7)8-6-3-2-5;4*1-2(3)4;;;;;/h6H,2-3,5H2,1H3;4*1H2,(H,3,4);;;;;. The number of aliphatic carboxylic acids is 4. The fourth-order valence-electron chi connectivity index (χ4n) is 1.47. The average molecular weight is 457 g/mol. The molecule has 0 bridgehead atoms. The maximum absolute atomic E-state index is 10.6. The summed E-state index contributed by atoms with van der Waals surface area (Å²) in [5, 5.41) is 31.9. The van der Waals surface area contributed by atoms with Crippen LogP contribution in [0.4, 0.5) is 0 Å². The zero-order valence-electron chi connectivity index (χ0n) is 13.4. The quantitative estimate of drug-likeness (QED) is 0.111. The topological polar surface area (TPSA) is 214 Å². The molecule has 0 rings (SSSR count). The number of carboxylic acids is 4. The number of carboxylic acid groups (broad SMARTS) is 4. The van der Waals surface area contributed by atoms with Gasteiger partial charge in [-0.3, -0.25) is 4.79 Å². The average Bonchev–Trinajstić information content (AvgIpc) is 2.34. The van der Waals surface area contributed by atoms with Gasteiger partial charge in [0.25, 0.3) is 0 Å². The summed E-state index contributed by atoms with van der Waals surface area (Å²) in [5.74, 6) is -5.84. The van der Waals surface area contributed by atoms with Crippen molar-refractivity contribution in [3.8, 4) is 0 Å². The maximum atomic E-state index is 10.6. The molecule has 0 fully saturated rings. The van der Waals surface area contributed by atoms with Crippen molar-refractivity contribution in [1.82, 2.24) is 5.48 Å². The van der Waals surface area contributed by atoms with E-state index in [-0.39, 0.29) is 65.1 Å². The van der Waals surface area contributed by atoms with Crippen molar-refractivity contribution < 1.29 is 62.1 Å². The number of hydrogen-bond donors (Lipinski definition) is 6. The van der Waals surface area contributed by atoms with E-state index in [0.717, 1.165) is 0 Å². The minimum absolute atomic E-state index is 0. The van der Waals surface area contributed by atoms with Gasteiger partial charge in [-0.05, 0) is 0 Å². The summed E-state index contributed by atoms with van der Waals surface area (Å²) >= 11 is -3.47. The van der Waals surface area contributed by atoms with Gasteiger partial charge in [-0.1, -0.05) is 0 Å². The molecular formula is C12H24MnN2Na2O10. The third-order valence-electron chi connectivity index (χ3n) is 2.05. The van der Waals surface area contributed by atoms with Gasteiger partial charge in [-0.25, -0.2) is 0 Å². The SMILES string of the molecule is CC(=O)ONCCN.O=C(O)[CH2][Mn]([CH2]C(=O)O)([CH2]C(=O)O)[CH2]C(=O)O.[NaH].[NaH]. The van der Waals surface area contributed by atoms with Crippen LogP contribution in [0.3, 0.4) is 0 Å². The Balaban J connectivity index is -0.000000226. The Morgan fingerprint density at radius 2 is 1.11 bits per heavy atom. The van der Waals surface area contributed by atoms with Crippen LogP contribution in [-0.2, 0) is 41.7 Å². The molecule has 0 aliphatic heterocycles. The number of nitrogens with two attached hydrogens (primary N) is 1. The van der Waals surface area contributed by atoms with E-state index < -0.39 is 58.0 Å². The molecule has 0 aromatic rings. The van der Waals surface area contributed by atoms with Crippen molar-refractivity contribution in [2.45, 2.75) is 28.2 Å². The zero-order chi connectivity index (χ0) is 20.0. The molecule has 12 nitrogen and oxygen atoms in total. The van der Waals surface area contributed by atoms with Gasteiger partial charge in [-0.15, -0.1) is 0 Å². The van der Waals surface area contributed by atoms with Gasteiger partial charge in [0.2, 0.25) is 0 Å². The normalized spacial score (nSPS) is 10.0. The van der Waals surface area contributed by atoms with Crippen molar-refractivity contribution in [2.75, 3.05) is 13.1 Å². The molecule has 0 amide bonds. The predicted molar refractivity (Wildman–Crippen MR) is 92.9 cm³/mol. The van der Waals surface area contributed by atoms with Crippen LogP contribution in [-0.4, -0.2) is 122 Å². The molecule has 0 unspecified atom stereocenters. The molecule has 0 aliphatic carbocycles. The second-order valence-electron chi connectivity index (χ2n) is 4.52. The van der Waals surface area contributed by atoms with Gasteiger partial charge in [0.15, 0.2) is 0 Å². The molecule has 27 heavy (non-hydrogen) atoms. The number of nitrogens with one attached hydrogen (secondary N) is 1. The van der Waals surface area contributed by atoms with Crippen molar-refractivity contribution >= 4 is 89.0 Å². The third kappa shape index (κ3) is 23.8. The van der Waals surface area contributed by atoms with E-state index in [1.165, 1.54) is 6.92 Å². The van der Waals surface area contributed by atoms with Gasteiger partial charge in [0, 0.05) is 20.0 Å². The first-order chi connectivity index (χ1) is 11.4. The van der Waals surface area contributed by atoms with Gasteiger partial charge in [0.05, 0.1) is 0 Å². The second kappa shape index (κ2) is 19.1. The van der Waals surface area contributed by atoms with Crippen molar-refractivity contribution in [3.05, 3.63) is 0 Å². The van der Waals surface area contributed by atoms with Crippen molar-refractivity contribution in [2.24, 2.45) is 5.73 Å². The molecule has 0 atom stereocenters. The fraction of sp³-hybridized carbons (Fsp3) is 0.583. The first-order valence-corrected chi connectivity index (χ1v) is 9.91. The number of carbonyl (C=O) groups is 5. The fourth-order valence-corrected chi connectivity index (χ4v) is 5.38. The summed E-state index contributed by atoms with van der Waals surface area (Å²) in [6.45, 7) is 2.29. The molecule has 0 aromatic carbocycles. The Hall–Kier alpha value is -0.211. The third-order valence-corrected chi connectivity index (χ3v) is 7.02. The molecule has 0 heterocycles. The molecule has 15 heteroatoms. The summed E-state index contributed by atoms with van der Waals surface area (Å²) in [7, 11) is 0. The van der Waals surface area contributed by atoms with Gasteiger partial charge in [-0.2, -0.15) is 5.48 Å². The van der Waals surface area contributed by atoms with E-state index in [4.69, 9.17) is 26.2 Å². The van der Waals surface area contributed by atoms with Crippen LogP contribution in [0.5, 0.6) is 0 Å². The molecule has 0 radical (unpaired) electrons. The number of rotatable bonds is 11. The zero-order valence-corrected chi connectivity index (χ0v) is 14.6. The Labute approximate surface area is 201 Å². The Morgan fingerprint density at radius 3 is 1.30 bits per heavy atom. The molecule has 0 aromatic heterocycles. The van der Waals surface area contributed by atoms with Gasteiger partial charge in [0.1, 0.15) is 0 Å². The van der Waals surface area contributed by atoms with Crippen LogP contribution in [0.2, 0.25) is 21.3 Å². The molecule has 0 saturated heterocycles. The summed E-state index contributed by atoms with van der Waals surface area (Å²) in [6.07, 6.45) is 0. The van der Waals surface area contributed by atoms with E-state index in [1.807, 2.05) is 0 Å². The molecule has 0 spiro atoms. The summed E-state index contributed by atoms with van der Waals surface area (Å²) in [6, 6.07) is 0. The minimum atomic E-state index is -3.47. The van der Waals surface area contributed by atoms with E-state index in [2.05, 4.69) is 10.3 Å². The van der Waals surface area contributed by atoms with E-state index in [0.29, 0.717) is 13.1 Å². The monoisotopic (exact) mass is 457 g/mol. The summed E-state index contributed by atoms with van der Waals surface area (Å²) in [4.78, 5) is 56.8.